The minimum Gasteiger partial charge on any atom is -0.406 e. The normalized spacial score (nSPS) is 17.7. The van der Waals surface area contributed by atoms with Crippen LogP contribution in [0.2, 0.25) is 5.02 Å². The molecule has 0 N–H and O–H groups in total. The van der Waals surface area contributed by atoms with Crippen molar-refractivity contribution in [1.29, 1.82) is 0 Å². The predicted octanol–water partition coefficient (Wildman–Crippen LogP) is 3.26. The van der Waals surface area contributed by atoms with E-state index in [0.717, 1.165) is 25.9 Å². The fourth-order valence-electron chi connectivity index (χ4n) is 1.64. The van der Waals surface area contributed by atoms with Crippen molar-refractivity contribution in [2.45, 2.75) is 19.3 Å². The van der Waals surface area contributed by atoms with Gasteiger partial charge in [0.05, 0.1) is 5.02 Å². The Morgan fingerprint density at radius 3 is 2.60 bits per heavy atom. The lowest BCUT2D eigenvalue weighted by atomic mass is 10.2. The van der Waals surface area contributed by atoms with Gasteiger partial charge < -0.3 is 4.84 Å². The van der Waals surface area contributed by atoms with E-state index in [1.165, 1.54) is 18.6 Å². The predicted molar refractivity (Wildman–Crippen MR) is 57.5 cm³/mol. The number of nitrogens with zero attached hydrogens (tertiary/aromatic N) is 1. The van der Waals surface area contributed by atoms with Crippen LogP contribution < -0.4 is 4.84 Å². The molecule has 0 aliphatic carbocycles. The second kappa shape index (κ2) is 4.81. The van der Waals surface area contributed by atoms with E-state index < -0.39 is 5.82 Å². The third-order valence-corrected chi connectivity index (χ3v) is 2.75. The number of hydrogen-bond donors (Lipinski definition) is 0. The summed E-state index contributed by atoms with van der Waals surface area (Å²) in [5, 5.41) is 1.99. The molecule has 1 aliphatic rings. The lowest BCUT2D eigenvalue weighted by Crippen LogP contribution is -2.32. The van der Waals surface area contributed by atoms with Crippen molar-refractivity contribution in [3.05, 3.63) is 29.0 Å². The molecule has 2 rings (SSSR count). The van der Waals surface area contributed by atoms with Crippen molar-refractivity contribution in [1.82, 2.24) is 5.06 Å². The largest absolute Gasteiger partial charge is 0.406 e. The van der Waals surface area contributed by atoms with Crippen molar-refractivity contribution >= 4 is 11.6 Å². The Balaban J connectivity index is 2.00. The van der Waals surface area contributed by atoms with Gasteiger partial charge >= 0.3 is 0 Å². The van der Waals surface area contributed by atoms with E-state index in [1.807, 2.05) is 5.06 Å². The zero-order valence-electron chi connectivity index (χ0n) is 8.38. The van der Waals surface area contributed by atoms with Crippen LogP contribution in [0.4, 0.5) is 4.39 Å². The van der Waals surface area contributed by atoms with Crippen molar-refractivity contribution < 1.29 is 9.23 Å². The molecule has 1 aromatic rings. The molecular formula is C11H13ClFNO. The van der Waals surface area contributed by atoms with Gasteiger partial charge in [0.25, 0.3) is 0 Å². The fourth-order valence-corrected chi connectivity index (χ4v) is 1.76. The molecule has 2 nitrogen and oxygen atoms in total. The van der Waals surface area contributed by atoms with Crippen LogP contribution in [0.25, 0.3) is 0 Å². The van der Waals surface area contributed by atoms with Crippen molar-refractivity contribution in [3.8, 4) is 5.75 Å². The third kappa shape index (κ3) is 2.83. The summed E-state index contributed by atoms with van der Waals surface area (Å²) in [5.74, 6) is 0.0741. The first-order valence-corrected chi connectivity index (χ1v) is 5.51. The Hall–Kier alpha value is -0.800. The Labute approximate surface area is 93.5 Å². The van der Waals surface area contributed by atoms with Crippen molar-refractivity contribution in [2.75, 3.05) is 13.1 Å². The smallest absolute Gasteiger partial charge is 0.150 e. The van der Waals surface area contributed by atoms with Gasteiger partial charge in [-0.2, -0.15) is 0 Å². The van der Waals surface area contributed by atoms with E-state index in [-0.39, 0.29) is 5.02 Å². The van der Waals surface area contributed by atoms with Gasteiger partial charge in [0, 0.05) is 19.2 Å². The number of hydroxylamine groups is 2. The first-order valence-electron chi connectivity index (χ1n) is 5.14. The first-order chi connectivity index (χ1) is 7.25. The maximum atomic E-state index is 13.1. The van der Waals surface area contributed by atoms with Gasteiger partial charge in [-0.1, -0.05) is 18.0 Å². The van der Waals surface area contributed by atoms with E-state index in [1.54, 1.807) is 6.07 Å². The third-order valence-electron chi connectivity index (χ3n) is 2.44. The number of halogens is 2. The van der Waals surface area contributed by atoms with Crippen LogP contribution in [-0.2, 0) is 0 Å². The average molecular weight is 230 g/mol. The SMILES string of the molecule is Fc1cc(ON2CCCCC2)ccc1Cl. The molecule has 0 bridgehead atoms. The lowest BCUT2D eigenvalue weighted by Gasteiger charge is -2.25. The summed E-state index contributed by atoms with van der Waals surface area (Å²) in [6.45, 7) is 1.81. The van der Waals surface area contributed by atoms with Crippen LogP contribution in [0.5, 0.6) is 5.75 Å². The summed E-state index contributed by atoms with van der Waals surface area (Å²) in [5.41, 5.74) is 0. The molecule has 0 spiro atoms. The molecular weight excluding hydrogens is 217 g/mol. The highest BCUT2D eigenvalue weighted by Gasteiger charge is 2.12. The average Bonchev–Trinajstić information content (AvgIpc) is 2.25. The van der Waals surface area contributed by atoms with E-state index in [4.69, 9.17) is 16.4 Å². The van der Waals surface area contributed by atoms with Crippen molar-refractivity contribution in [2.24, 2.45) is 0 Å². The summed E-state index contributed by atoms with van der Waals surface area (Å²) >= 11 is 5.58. The number of hydrogen-bond acceptors (Lipinski definition) is 2. The highest BCUT2D eigenvalue weighted by molar-refractivity contribution is 6.30. The summed E-state index contributed by atoms with van der Waals surface area (Å²) in [4.78, 5) is 5.53. The van der Waals surface area contributed by atoms with Crippen molar-refractivity contribution in [3.63, 3.8) is 0 Å². The van der Waals surface area contributed by atoms with Crippen LogP contribution in [0.15, 0.2) is 18.2 Å². The molecule has 0 amide bonds. The second-order valence-electron chi connectivity index (χ2n) is 3.66. The molecule has 0 radical (unpaired) electrons. The minimum absolute atomic E-state index is 0.126. The summed E-state index contributed by atoms with van der Waals surface area (Å²) in [7, 11) is 0. The molecule has 1 aliphatic heterocycles. The van der Waals surface area contributed by atoms with Gasteiger partial charge in [-0.3, -0.25) is 0 Å². The maximum absolute atomic E-state index is 13.1. The zero-order chi connectivity index (χ0) is 10.7. The molecule has 0 aromatic heterocycles. The first kappa shape index (κ1) is 10.7. The van der Waals surface area contributed by atoms with Crippen LogP contribution in [0, 0.1) is 5.82 Å². The Morgan fingerprint density at radius 1 is 1.20 bits per heavy atom. The molecule has 4 heteroatoms. The number of rotatable bonds is 2. The van der Waals surface area contributed by atoms with Crippen LogP contribution >= 0.6 is 11.6 Å². The summed E-state index contributed by atoms with van der Waals surface area (Å²) in [6, 6.07) is 4.51. The van der Waals surface area contributed by atoms with Gasteiger partial charge in [-0.25, -0.2) is 4.39 Å². The van der Waals surface area contributed by atoms with Gasteiger partial charge in [0.2, 0.25) is 0 Å². The van der Waals surface area contributed by atoms with E-state index in [2.05, 4.69) is 0 Å². The quantitative estimate of drug-likeness (QED) is 0.772. The minimum atomic E-state index is -0.439. The number of benzene rings is 1. The lowest BCUT2D eigenvalue weighted by molar-refractivity contribution is -0.0721. The van der Waals surface area contributed by atoms with E-state index >= 15 is 0 Å². The van der Waals surface area contributed by atoms with E-state index in [0.29, 0.717) is 5.75 Å². The Bertz CT molecular complexity index is 339. The summed E-state index contributed by atoms with van der Waals surface area (Å²) < 4.78 is 13.1. The Morgan fingerprint density at radius 2 is 1.93 bits per heavy atom. The van der Waals surface area contributed by atoms with Gasteiger partial charge in [0.1, 0.15) is 5.82 Å². The van der Waals surface area contributed by atoms with Crippen LogP contribution in [-0.4, -0.2) is 18.2 Å². The highest BCUT2D eigenvalue weighted by Crippen LogP contribution is 2.22. The molecule has 1 saturated heterocycles. The standard InChI is InChI=1S/C11H13ClFNO/c12-10-5-4-9(8-11(10)13)15-14-6-2-1-3-7-14/h4-5,8H,1-3,6-7H2. The second-order valence-corrected chi connectivity index (χ2v) is 4.06. The highest BCUT2D eigenvalue weighted by atomic mass is 35.5. The van der Waals surface area contributed by atoms with Crippen LogP contribution in [0.3, 0.4) is 0 Å². The van der Waals surface area contributed by atoms with Crippen LogP contribution in [0.1, 0.15) is 19.3 Å². The fraction of sp³-hybridized carbons (Fsp3) is 0.455. The van der Waals surface area contributed by atoms with E-state index in [9.17, 15) is 4.39 Å². The van der Waals surface area contributed by atoms with Gasteiger partial charge in [-0.05, 0) is 25.0 Å². The summed E-state index contributed by atoms with van der Waals surface area (Å²) in [6.07, 6.45) is 3.51. The molecule has 0 atom stereocenters. The molecule has 1 fully saturated rings. The molecule has 1 heterocycles. The number of piperidine rings is 1. The van der Waals surface area contributed by atoms with Gasteiger partial charge in [-0.15, -0.1) is 5.06 Å². The molecule has 0 saturated carbocycles. The Kier molecular flexibility index (Phi) is 3.44. The maximum Gasteiger partial charge on any atom is 0.150 e. The molecule has 1 aromatic carbocycles. The zero-order valence-corrected chi connectivity index (χ0v) is 9.13. The molecule has 82 valence electrons. The topological polar surface area (TPSA) is 12.5 Å². The monoisotopic (exact) mass is 229 g/mol. The molecule has 15 heavy (non-hydrogen) atoms. The molecule has 0 unspecified atom stereocenters. The van der Waals surface area contributed by atoms with Gasteiger partial charge in [0.15, 0.2) is 5.75 Å².